The van der Waals surface area contributed by atoms with Crippen molar-refractivity contribution in [2.45, 2.75) is 75.5 Å². The third-order valence-corrected chi connectivity index (χ3v) is 6.35. The minimum atomic E-state index is -4.62. The summed E-state index contributed by atoms with van der Waals surface area (Å²) in [4.78, 5) is 11.8. The fraction of sp³-hybridized carbons (Fsp3) is 0.737. The van der Waals surface area contributed by atoms with Gasteiger partial charge in [-0.1, -0.05) is 0 Å². The van der Waals surface area contributed by atoms with Gasteiger partial charge < -0.3 is 15.7 Å². The van der Waals surface area contributed by atoms with Crippen molar-refractivity contribution in [1.82, 2.24) is 15.0 Å². The number of nitrogens with zero attached hydrogens (tertiary/aromatic N) is 3. The molecule has 1 heterocycles. The number of nitrogens with one attached hydrogen (secondary N) is 2. The summed E-state index contributed by atoms with van der Waals surface area (Å²) in [5.41, 5.74) is -0.0675. The van der Waals surface area contributed by atoms with Crippen LogP contribution >= 0.6 is 0 Å². The standard InChI is InChI=1S/C19H22F7N5O/c1-7(19(24,25)26)27-16-29-15(10-3-2-9-11(12(10)20)14(32)13(9)21)30-17(31-16)28-8-4-5-18(22,23)6-8/h7-9,11,13-14,32H,2-6H2,1H3,(H2,27,28,29,30,31)/t7-,8-,9?,11-,13?,14?/m1/s1. The molecule has 1 aromatic rings. The topological polar surface area (TPSA) is 83.0 Å². The molecule has 2 fully saturated rings. The van der Waals surface area contributed by atoms with Gasteiger partial charge >= 0.3 is 6.18 Å². The van der Waals surface area contributed by atoms with E-state index < -0.39 is 66.5 Å². The van der Waals surface area contributed by atoms with Gasteiger partial charge in [0.15, 0.2) is 5.82 Å². The van der Waals surface area contributed by atoms with Gasteiger partial charge in [-0.2, -0.15) is 28.1 Å². The average Bonchev–Trinajstić information content (AvgIpc) is 3.04. The average molecular weight is 469 g/mol. The van der Waals surface area contributed by atoms with Crippen molar-refractivity contribution in [3.05, 3.63) is 11.7 Å². The number of hydrogen-bond acceptors (Lipinski definition) is 6. The Kier molecular flexibility index (Phi) is 5.74. The van der Waals surface area contributed by atoms with Gasteiger partial charge in [0.2, 0.25) is 17.8 Å². The predicted octanol–water partition coefficient (Wildman–Crippen LogP) is 4.25. The van der Waals surface area contributed by atoms with E-state index in [2.05, 4.69) is 25.6 Å². The highest BCUT2D eigenvalue weighted by atomic mass is 19.4. The number of aromatic nitrogens is 3. The van der Waals surface area contributed by atoms with Crippen molar-refractivity contribution in [2.24, 2.45) is 11.8 Å². The van der Waals surface area contributed by atoms with Crippen LogP contribution < -0.4 is 10.6 Å². The second kappa shape index (κ2) is 7.99. The van der Waals surface area contributed by atoms with Crippen LogP contribution in [0.3, 0.4) is 0 Å². The summed E-state index contributed by atoms with van der Waals surface area (Å²) >= 11 is 0. The Hall–Kier alpha value is -2.18. The Balaban J connectivity index is 1.66. The first-order valence-electron chi connectivity index (χ1n) is 10.3. The smallest absolute Gasteiger partial charge is 0.389 e. The maximum atomic E-state index is 15.0. The zero-order valence-electron chi connectivity index (χ0n) is 16.9. The molecule has 6 nitrogen and oxygen atoms in total. The van der Waals surface area contributed by atoms with Crippen LogP contribution in [0.15, 0.2) is 5.83 Å². The Labute approximate surface area is 178 Å². The Bertz CT molecular complexity index is 909. The number of alkyl halides is 6. The number of aliphatic hydroxyl groups excluding tert-OH is 1. The van der Waals surface area contributed by atoms with Gasteiger partial charge in [0, 0.05) is 36.3 Å². The summed E-state index contributed by atoms with van der Waals surface area (Å²) in [5.74, 6) is -6.51. The lowest BCUT2D eigenvalue weighted by Gasteiger charge is -2.47. The van der Waals surface area contributed by atoms with E-state index in [0.29, 0.717) is 0 Å². The normalized spacial score (nSPS) is 32.8. The Morgan fingerprint density at radius 3 is 2.44 bits per heavy atom. The fourth-order valence-electron chi connectivity index (χ4n) is 4.46. The van der Waals surface area contributed by atoms with Crippen molar-refractivity contribution in [3.63, 3.8) is 0 Å². The van der Waals surface area contributed by atoms with Crippen LogP contribution in [0.2, 0.25) is 0 Å². The molecule has 0 radical (unpaired) electrons. The van der Waals surface area contributed by atoms with E-state index in [1.165, 1.54) is 0 Å². The SMILES string of the molecule is C[C@@H](Nc1nc(N[C@@H]2CCC(F)(F)C2)nc(C2=C(F)[C@@H]3C(O)C(F)C3CC2)n1)C(F)(F)F. The van der Waals surface area contributed by atoms with Crippen molar-refractivity contribution in [1.29, 1.82) is 0 Å². The molecule has 6 atom stereocenters. The van der Waals surface area contributed by atoms with E-state index in [9.17, 15) is 31.4 Å². The van der Waals surface area contributed by atoms with Gasteiger partial charge in [-0.3, -0.25) is 0 Å². The lowest BCUT2D eigenvalue weighted by molar-refractivity contribution is -0.138. The van der Waals surface area contributed by atoms with E-state index in [-0.39, 0.29) is 43.0 Å². The third kappa shape index (κ3) is 4.35. The molecular formula is C19H22F7N5O. The molecule has 0 aliphatic heterocycles. The van der Waals surface area contributed by atoms with Gasteiger partial charge in [0.25, 0.3) is 0 Å². The van der Waals surface area contributed by atoms with Crippen molar-refractivity contribution >= 4 is 17.5 Å². The van der Waals surface area contributed by atoms with Crippen LogP contribution in [0.1, 0.15) is 44.9 Å². The van der Waals surface area contributed by atoms with E-state index in [4.69, 9.17) is 0 Å². The second-order valence-corrected chi connectivity index (χ2v) is 8.64. The zero-order valence-corrected chi connectivity index (χ0v) is 16.9. The number of anilines is 2. The number of rotatable bonds is 5. The molecule has 0 spiro atoms. The molecule has 0 saturated heterocycles. The van der Waals surface area contributed by atoms with Crippen molar-refractivity contribution in [3.8, 4) is 0 Å². The Morgan fingerprint density at radius 2 is 1.81 bits per heavy atom. The van der Waals surface area contributed by atoms with E-state index in [1.807, 2.05) is 0 Å². The summed E-state index contributed by atoms with van der Waals surface area (Å²) in [6, 6.07) is -2.76. The summed E-state index contributed by atoms with van der Waals surface area (Å²) in [7, 11) is 0. The molecule has 3 unspecified atom stereocenters. The minimum Gasteiger partial charge on any atom is -0.389 e. The molecule has 3 aliphatic carbocycles. The lowest BCUT2D eigenvalue weighted by Crippen LogP contribution is -2.54. The van der Waals surface area contributed by atoms with E-state index >= 15 is 4.39 Å². The third-order valence-electron chi connectivity index (χ3n) is 6.35. The van der Waals surface area contributed by atoms with Crippen LogP contribution in [0.25, 0.3) is 5.57 Å². The molecule has 2 saturated carbocycles. The molecule has 13 heteroatoms. The van der Waals surface area contributed by atoms with Gasteiger partial charge in [-0.15, -0.1) is 0 Å². The summed E-state index contributed by atoms with van der Waals surface area (Å²) < 4.78 is 94.7. The number of fused-ring (bicyclic) bond motifs is 1. The zero-order chi connectivity index (χ0) is 23.4. The number of aliphatic hydroxyl groups is 1. The summed E-state index contributed by atoms with van der Waals surface area (Å²) in [6.45, 7) is 0.839. The van der Waals surface area contributed by atoms with Gasteiger partial charge in [-0.05, 0) is 26.2 Å². The summed E-state index contributed by atoms with van der Waals surface area (Å²) in [5, 5.41) is 14.5. The molecule has 3 N–H and O–H groups in total. The van der Waals surface area contributed by atoms with E-state index in [0.717, 1.165) is 6.92 Å². The molecule has 3 aliphatic rings. The predicted molar refractivity (Wildman–Crippen MR) is 100 cm³/mol. The molecule has 0 aromatic carbocycles. The van der Waals surface area contributed by atoms with Gasteiger partial charge in [0.1, 0.15) is 18.0 Å². The molecule has 178 valence electrons. The monoisotopic (exact) mass is 469 g/mol. The van der Waals surface area contributed by atoms with Crippen LogP contribution in [0.5, 0.6) is 0 Å². The van der Waals surface area contributed by atoms with Gasteiger partial charge in [0.05, 0.1) is 6.10 Å². The minimum absolute atomic E-state index is 0.0133. The largest absolute Gasteiger partial charge is 0.408 e. The number of halogens is 7. The second-order valence-electron chi connectivity index (χ2n) is 8.64. The maximum absolute atomic E-state index is 15.0. The van der Waals surface area contributed by atoms with Crippen molar-refractivity contribution < 1.29 is 35.8 Å². The fourth-order valence-corrected chi connectivity index (χ4v) is 4.46. The van der Waals surface area contributed by atoms with Crippen LogP contribution in [-0.4, -0.2) is 56.5 Å². The van der Waals surface area contributed by atoms with Crippen LogP contribution in [0.4, 0.5) is 42.6 Å². The highest BCUT2D eigenvalue weighted by Gasteiger charge is 2.55. The molecule has 0 bridgehead atoms. The quantitative estimate of drug-likeness (QED) is 0.560. The van der Waals surface area contributed by atoms with Crippen LogP contribution in [-0.2, 0) is 0 Å². The number of allylic oxidation sites excluding steroid dienone is 1. The first kappa shape index (κ1) is 23.0. The molecular weight excluding hydrogens is 447 g/mol. The highest BCUT2D eigenvalue weighted by molar-refractivity contribution is 5.66. The first-order chi connectivity index (χ1) is 14.9. The lowest BCUT2D eigenvalue weighted by atomic mass is 9.63. The van der Waals surface area contributed by atoms with E-state index in [1.54, 1.807) is 0 Å². The van der Waals surface area contributed by atoms with Crippen LogP contribution in [0, 0.1) is 11.8 Å². The van der Waals surface area contributed by atoms with Gasteiger partial charge in [-0.25, -0.2) is 17.6 Å². The molecule has 0 amide bonds. The summed E-state index contributed by atoms with van der Waals surface area (Å²) in [6.07, 6.45) is -8.22. The maximum Gasteiger partial charge on any atom is 0.408 e. The molecule has 4 rings (SSSR count). The first-order valence-corrected chi connectivity index (χ1v) is 10.3. The molecule has 32 heavy (non-hydrogen) atoms. The highest BCUT2D eigenvalue weighted by Crippen LogP contribution is 2.51. The Morgan fingerprint density at radius 1 is 1.12 bits per heavy atom. The number of hydrogen-bond donors (Lipinski definition) is 3. The molecule has 1 aromatic heterocycles. The van der Waals surface area contributed by atoms with Crippen molar-refractivity contribution in [2.75, 3.05) is 10.6 Å².